The summed E-state index contributed by atoms with van der Waals surface area (Å²) in [6.07, 6.45) is 0.243. The smallest absolute Gasteiger partial charge is 0.274 e. The maximum absolute atomic E-state index is 13.2. The van der Waals surface area contributed by atoms with Crippen LogP contribution in [0, 0.1) is 21.8 Å². The first-order chi connectivity index (χ1) is 8.82. The van der Waals surface area contributed by atoms with E-state index in [2.05, 4.69) is 0 Å². The Morgan fingerprint density at radius 2 is 2.00 bits per heavy atom. The number of benzene rings is 1. The van der Waals surface area contributed by atoms with Crippen LogP contribution in [0.2, 0.25) is 0 Å². The molecule has 2 atom stereocenters. The SMILES string of the molecule is CC(C)CC[C@@H](O)[C@@H](N)c1cc(F)ccc1[N+](=O)[O-].Cl. The molecule has 0 unspecified atom stereocenters. The summed E-state index contributed by atoms with van der Waals surface area (Å²) in [6.45, 7) is 4.01. The summed E-state index contributed by atoms with van der Waals surface area (Å²) in [5.74, 6) is -0.212. The van der Waals surface area contributed by atoms with Gasteiger partial charge in [0.05, 0.1) is 22.6 Å². The van der Waals surface area contributed by atoms with Crippen molar-refractivity contribution >= 4 is 18.1 Å². The van der Waals surface area contributed by atoms with Gasteiger partial charge in [0.25, 0.3) is 5.69 Å². The van der Waals surface area contributed by atoms with Gasteiger partial charge in [0.15, 0.2) is 0 Å². The number of nitro benzene ring substituents is 1. The number of aliphatic hydroxyl groups excluding tert-OH is 1. The van der Waals surface area contributed by atoms with Crippen molar-refractivity contribution in [2.24, 2.45) is 11.7 Å². The third kappa shape index (κ3) is 5.03. The van der Waals surface area contributed by atoms with Crippen molar-refractivity contribution in [2.45, 2.75) is 38.8 Å². The molecule has 0 aliphatic rings. The average molecular weight is 307 g/mol. The first-order valence-electron chi connectivity index (χ1n) is 6.20. The van der Waals surface area contributed by atoms with Crippen molar-refractivity contribution in [1.29, 1.82) is 0 Å². The second-order valence-electron chi connectivity index (χ2n) is 5.02. The predicted octanol–water partition coefficient (Wildman–Crippen LogP) is 2.95. The minimum absolute atomic E-state index is 0. The van der Waals surface area contributed by atoms with E-state index < -0.39 is 22.9 Å². The third-order valence-electron chi connectivity index (χ3n) is 3.00. The molecule has 0 spiro atoms. The van der Waals surface area contributed by atoms with E-state index in [0.717, 1.165) is 24.6 Å². The maximum Gasteiger partial charge on any atom is 0.274 e. The lowest BCUT2D eigenvalue weighted by Crippen LogP contribution is -2.27. The largest absolute Gasteiger partial charge is 0.391 e. The summed E-state index contributed by atoms with van der Waals surface area (Å²) < 4.78 is 13.2. The van der Waals surface area contributed by atoms with Crippen molar-refractivity contribution < 1.29 is 14.4 Å². The predicted molar refractivity (Wildman–Crippen MR) is 77.3 cm³/mol. The van der Waals surface area contributed by atoms with Gasteiger partial charge in [-0.3, -0.25) is 10.1 Å². The van der Waals surface area contributed by atoms with Crippen LogP contribution in [0.1, 0.15) is 38.3 Å². The molecule has 114 valence electrons. The highest BCUT2D eigenvalue weighted by molar-refractivity contribution is 5.85. The molecular formula is C13H20ClFN2O3. The topological polar surface area (TPSA) is 89.4 Å². The van der Waals surface area contributed by atoms with Crippen LogP contribution in [0.4, 0.5) is 10.1 Å². The van der Waals surface area contributed by atoms with E-state index in [0.29, 0.717) is 12.3 Å². The summed E-state index contributed by atoms with van der Waals surface area (Å²) in [5.41, 5.74) is 5.57. The number of nitro groups is 1. The summed E-state index contributed by atoms with van der Waals surface area (Å²) in [4.78, 5) is 10.3. The summed E-state index contributed by atoms with van der Waals surface area (Å²) >= 11 is 0. The molecule has 1 aromatic rings. The van der Waals surface area contributed by atoms with Gasteiger partial charge < -0.3 is 10.8 Å². The fraction of sp³-hybridized carbons (Fsp3) is 0.538. The molecule has 3 N–H and O–H groups in total. The summed E-state index contributed by atoms with van der Waals surface area (Å²) in [7, 11) is 0. The zero-order valence-electron chi connectivity index (χ0n) is 11.5. The highest BCUT2D eigenvalue weighted by atomic mass is 35.5. The van der Waals surface area contributed by atoms with Crippen LogP contribution in [0.25, 0.3) is 0 Å². The van der Waals surface area contributed by atoms with Crippen molar-refractivity contribution in [1.82, 2.24) is 0 Å². The second-order valence-corrected chi connectivity index (χ2v) is 5.02. The Morgan fingerprint density at radius 3 is 2.50 bits per heavy atom. The molecule has 20 heavy (non-hydrogen) atoms. The standard InChI is InChI=1S/C13H19FN2O3.ClH/c1-8(2)3-6-12(17)13(15)10-7-9(14)4-5-11(10)16(18)19;/h4-5,7-8,12-13,17H,3,6,15H2,1-2H3;1H/t12-,13+;/m1./s1. The molecule has 0 saturated heterocycles. The van der Waals surface area contributed by atoms with Crippen LogP contribution in [-0.4, -0.2) is 16.1 Å². The zero-order chi connectivity index (χ0) is 14.6. The number of hydrogen-bond acceptors (Lipinski definition) is 4. The van der Waals surface area contributed by atoms with Gasteiger partial charge in [0.1, 0.15) is 5.82 Å². The van der Waals surface area contributed by atoms with Crippen LogP contribution in [0.3, 0.4) is 0 Å². The summed E-state index contributed by atoms with van der Waals surface area (Å²) in [5, 5.41) is 20.8. The fourth-order valence-electron chi connectivity index (χ4n) is 1.85. The molecule has 0 fully saturated rings. The molecule has 1 rings (SSSR count). The van der Waals surface area contributed by atoms with E-state index in [-0.39, 0.29) is 23.7 Å². The Hall–Kier alpha value is -1.24. The highest BCUT2D eigenvalue weighted by Crippen LogP contribution is 2.28. The fourth-order valence-corrected chi connectivity index (χ4v) is 1.85. The lowest BCUT2D eigenvalue weighted by molar-refractivity contribution is -0.385. The number of nitrogens with two attached hydrogens (primary N) is 1. The minimum atomic E-state index is -0.963. The molecule has 1 aromatic carbocycles. The van der Waals surface area contributed by atoms with Gasteiger partial charge in [0, 0.05) is 6.07 Å². The van der Waals surface area contributed by atoms with E-state index in [1.807, 2.05) is 13.8 Å². The Balaban J connectivity index is 0.00000361. The van der Waals surface area contributed by atoms with Crippen molar-refractivity contribution in [2.75, 3.05) is 0 Å². The first kappa shape index (κ1) is 18.8. The van der Waals surface area contributed by atoms with Crippen LogP contribution in [0.5, 0.6) is 0 Å². The molecule has 7 heteroatoms. The average Bonchev–Trinajstić information content (AvgIpc) is 2.34. The number of hydrogen-bond donors (Lipinski definition) is 2. The quantitative estimate of drug-likeness (QED) is 0.624. The van der Waals surface area contributed by atoms with Gasteiger partial charge in [0.2, 0.25) is 0 Å². The molecule has 0 amide bonds. The molecule has 0 saturated carbocycles. The molecule has 0 aliphatic heterocycles. The van der Waals surface area contributed by atoms with E-state index in [4.69, 9.17) is 5.73 Å². The third-order valence-corrected chi connectivity index (χ3v) is 3.00. The molecule has 0 bridgehead atoms. The Bertz CT molecular complexity index is 457. The molecule has 0 aromatic heterocycles. The number of rotatable bonds is 6. The minimum Gasteiger partial charge on any atom is -0.391 e. The summed E-state index contributed by atoms with van der Waals surface area (Å²) in [6, 6.07) is 2.13. The Kier molecular flexibility index (Phi) is 7.63. The molecule has 0 aliphatic carbocycles. The maximum atomic E-state index is 13.2. The van der Waals surface area contributed by atoms with Crippen LogP contribution in [-0.2, 0) is 0 Å². The van der Waals surface area contributed by atoms with Gasteiger partial charge in [-0.25, -0.2) is 4.39 Å². The number of nitrogens with zero attached hydrogens (tertiary/aromatic N) is 1. The normalized spacial score (nSPS) is 13.7. The Morgan fingerprint density at radius 1 is 1.40 bits per heavy atom. The van der Waals surface area contributed by atoms with Crippen molar-refractivity contribution in [3.05, 3.63) is 39.7 Å². The van der Waals surface area contributed by atoms with E-state index >= 15 is 0 Å². The van der Waals surface area contributed by atoms with E-state index in [1.165, 1.54) is 0 Å². The number of halogens is 2. The molecular weight excluding hydrogens is 287 g/mol. The van der Waals surface area contributed by atoms with Crippen molar-refractivity contribution in [3.63, 3.8) is 0 Å². The van der Waals surface area contributed by atoms with Crippen molar-refractivity contribution in [3.8, 4) is 0 Å². The van der Waals surface area contributed by atoms with E-state index in [1.54, 1.807) is 0 Å². The van der Waals surface area contributed by atoms with Gasteiger partial charge in [-0.2, -0.15) is 0 Å². The monoisotopic (exact) mass is 306 g/mol. The molecule has 0 radical (unpaired) electrons. The Labute approximate surface area is 123 Å². The van der Waals surface area contributed by atoms with Crippen LogP contribution >= 0.6 is 12.4 Å². The number of aliphatic hydroxyl groups is 1. The lowest BCUT2D eigenvalue weighted by Gasteiger charge is -2.20. The molecule has 5 nitrogen and oxygen atoms in total. The van der Waals surface area contributed by atoms with Crippen LogP contribution < -0.4 is 5.73 Å². The van der Waals surface area contributed by atoms with Gasteiger partial charge in [-0.1, -0.05) is 13.8 Å². The van der Waals surface area contributed by atoms with Gasteiger partial charge >= 0.3 is 0 Å². The van der Waals surface area contributed by atoms with E-state index in [9.17, 15) is 19.6 Å². The zero-order valence-corrected chi connectivity index (χ0v) is 12.3. The molecule has 0 heterocycles. The second kappa shape index (κ2) is 8.14. The van der Waals surface area contributed by atoms with Gasteiger partial charge in [-0.05, 0) is 30.9 Å². The highest BCUT2D eigenvalue weighted by Gasteiger charge is 2.25. The first-order valence-corrected chi connectivity index (χ1v) is 6.20. The van der Waals surface area contributed by atoms with Gasteiger partial charge in [-0.15, -0.1) is 12.4 Å². The van der Waals surface area contributed by atoms with Crippen LogP contribution in [0.15, 0.2) is 18.2 Å². The lowest BCUT2D eigenvalue weighted by atomic mass is 9.95.